The average Bonchev–Trinajstić information content (AvgIpc) is 2.07. The molecule has 1 unspecified atom stereocenters. The lowest BCUT2D eigenvalue weighted by Gasteiger charge is -2.20. The lowest BCUT2D eigenvalue weighted by molar-refractivity contribution is 0.0992. The van der Waals surface area contributed by atoms with Gasteiger partial charge in [-0.25, -0.2) is 0 Å². The summed E-state index contributed by atoms with van der Waals surface area (Å²) in [5.74, 6) is 0.644. The zero-order valence-corrected chi connectivity index (χ0v) is 7.44. The van der Waals surface area contributed by atoms with Crippen molar-refractivity contribution in [3.63, 3.8) is 0 Å². The molecule has 0 spiro atoms. The van der Waals surface area contributed by atoms with Gasteiger partial charge in [0, 0.05) is 41.6 Å². The summed E-state index contributed by atoms with van der Waals surface area (Å²) < 4.78 is 16.5. The molecule has 1 saturated heterocycles. The Morgan fingerprint density at radius 1 is 1.45 bits per heavy atom. The minimum Gasteiger partial charge on any atom is -0.381 e. The monoisotopic (exact) mass is 177 g/mol. The third-order valence-corrected chi connectivity index (χ3v) is 3.71. The number of nitrogens with two attached hydrogens (primary N) is 1. The maximum atomic E-state index is 11.4. The highest BCUT2D eigenvalue weighted by molar-refractivity contribution is 7.85. The Morgan fingerprint density at radius 2 is 2.09 bits per heavy atom. The van der Waals surface area contributed by atoms with Gasteiger partial charge >= 0.3 is 0 Å². The lowest BCUT2D eigenvalue weighted by atomic mass is 10.2. The molecular formula is C7H15NO2S. The molecule has 0 aromatic rings. The molecule has 0 amide bonds. The van der Waals surface area contributed by atoms with Crippen molar-refractivity contribution in [2.24, 2.45) is 5.73 Å². The van der Waals surface area contributed by atoms with Crippen molar-refractivity contribution in [2.45, 2.75) is 18.1 Å². The maximum Gasteiger partial charge on any atom is 0.0477 e. The minimum atomic E-state index is -0.711. The summed E-state index contributed by atoms with van der Waals surface area (Å²) in [6.45, 7) is 2.06. The maximum absolute atomic E-state index is 11.4. The van der Waals surface area contributed by atoms with Crippen LogP contribution in [0, 0.1) is 0 Å². The summed E-state index contributed by atoms with van der Waals surface area (Å²) >= 11 is 0. The molecule has 0 aromatic carbocycles. The van der Waals surface area contributed by atoms with Crippen LogP contribution < -0.4 is 5.73 Å². The molecule has 3 nitrogen and oxygen atoms in total. The predicted molar refractivity (Wildman–Crippen MR) is 45.9 cm³/mol. The van der Waals surface area contributed by atoms with Crippen LogP contribution in [0.3, 0.4) is 0 Å². The van der Waals surface area contributed by atoms with Crippen molar-refractivity contribution in [1.82, 2.24) is 0 Å². The Bertz CT molecular complexity index is 134. The van der Waals surface area contributed by atoms with Crippen molar-refractivity contribution in [2.75, 3.05) is 25.5 Å². The Labute approximate surface area is 69.8 Å². The van der Waals surface area contributed by atoms with Crippen LogP contribution in [-0.2, 0) is 15.5 Å². The molecule has 1 atom stereocenters. The van der Waals surface area contributed by atoms with Gasteiger partial charge in [-0.15, -0.1) is 0 Å². The van der Waals surface area contributed by atoms with Gasteiger partial charge in [-0.05, 0) is 12.8 Å². The molecule has 2 N–H and O–H groups in total. The molecule has 1 aliphatic heterocycles. The Kier molecular flexibility index (Phi) is 4.04. The molecule has 1 fully saturated rings. The van der Waals surface area contributed by atoms with Crippen LogP contribution in [0.4, 0.5) is 0 Å². The first kappa shape index (κ1) is 9.16. The number of hydrogen-bond acceptors (Lipinski definition) is 3. The van der Waals surface area contributed by atoms with E-state index in [0.717, 1.165) is 26.1 Å². The largest absolute Gasteiger partial charge is 0.381 e. The second kappa shape index (κ2) is 4.85. The van der Waals surface area contributed by atoms with Crippen molar-refractivity contribution in [1.29, 1.82) is 0 Å². The smallest absolute Gasteiger partial charge is 0.0477 e. The molecule has 0 radical (unpaired) electrons. The van der Waals surface area contributed by atoms with E-state index in [0.29, 0.717) is 17.5 Å². The van der Waals surface area contributed by atoms with Crippen molar-refractivity contribution >= 4 is 10.8 Å². The zero-order valence-electron chi connectivity index (χ0n) is 6.62. The van der Waals surface area contributed by atoms with Gasteiger partial charge in [0.1, 0.15) is 0 Å². The van der Waals surface area contributed by atoms with Crippen LogP contribution in [-0.4, -0.2) is 35.0 Å². The van der Waals surface area contributed by atoms with Gasteiger partial charge in [-0.1, -0.05) is 0 Å². The highest BCUT2D eigenvalue weighted by Gasteiger charge is 2.18. The molecule has 1 rings (SSSR count). The first-order valence-corrected chi connectivity index (χ1v) is 5.38. The van der Waals surface area contributed by atoms with Crippen LogP contribution >= 0.6 is 0 Å². The van der Waals surface area contributed by atoms with Gasteiger partial charge in [-0.3, -0.25) is 4.21 Å². The average molecular weight is 177 g/mol. The standard InChI is InChI=1S/C7H15NO2S/c8-3-6-11(9)7-1-4-10-5-2-7/h7H,1-6,8H2. The van der Waals surface area contributed by atoms with E-state index in [9.17, 15) is 4.21 Å². The number of rotatable bonds is 3. The summed E-state index contributed by atoms with van der Waals surface area (Å²) in [5, 5.41) is 0.340. The van der Waals surface area contributed by atoms with Crippen LogP contribution in [0.1, 0.15) is 12.8 Å². The van der Waals surface area contributed by atoms with Gasteiger partial charge < -0.3 is 10.5 Å². The first-order chi connectivity index (χ1) is 5.34. The number of ether oxygens (including phenoxy) is 1. The van der Waals surface area contributed by atoms with Gasteiger partial charge in [-0.2, -0.15) is 0 Å². The zero-order chi connectivity index (χ0) is 8.10. The molecule has 1 aliphatic rings. The molecule has 0 aliphatic carbocycles. The lowest BCUT2D eigenvalue weighted by Crippen LogP contribution is -2.28. The van der Waals surface area contributed by atoms with E-state index in [1.807, 2.05) is 0 Å². The molecule has 0 aromatic heterocycles. The highest BCUT2D eigenvalue weighted by Crippen LogP contribution is 2.12. The van der Waals surface area contributed by atoms with E-state index >= 15 is 0 Å². The normalized spacial score (nSPS) is 23.4. The Morgan fingerprint density at radius 3 is 2.64 bits per heavy atom. The van der Waals surface area contributed by atoms with E-state index < -0.39 is 10.8 Å². The van der Waals surface area contributed by atoms with Crippen LogP contribution in [0.15, 0.2) is 0 Å². The van der Waals surface area contributed by atoms with E-state index in [1.54, 1.807) is 0 Å². The van der Waals surface area contributed by atoms with Crippen molar-refractivity contribution in [3.05, 3.63) is 0 Å². The molecule has 1 heterocycles. The topological polar surface area (TPSA) is 52.3 Å². The molecule has 0 saturated carbocycles. The van der Waals surface area contributed by atoms with Crippen LogP contribution in [0.5, 0.6) is 0 Å². The minimum absolute atomic E-state index is 0.340. The first-order valence-electron chi connectivity index (χ1n) is 3.99. The summed E-state index contributed by atoms with van der Waals surface area (Å²) in [7, 11) is -0.711. The summed E-state index contributed by atoms with van der Waals surface area (Å²) in [5.41, 5.74) is 5.31. The highest BCUT2D eigenvalue weighted by atomic mass is 32.2. The van der Waals surface area contributed by atoms with Gasteiger partial charge in [0.15, 0.2) is 0 Å². The molecular weight excluding hydrogens is 162 g/mol. The number of hydrogen-bond donors (Lipinski definition) is 1. The Balaban J connectivity index is 2.27. The predicted octanol–water partition coefficient (Wildman–Crippen LogP) is -0.127. The quantitative estimate of drug-likeness (QED) is 0.653. The summed E-state index contributed by atoms with van der Waals surface area (Å²) in [6.07, 6.45) is 1.87. The molecule has 4 heteroatoms. The molecule has 66 valence electrons. The molecule has 11 heavy (non-hydrogen) atoms. The summed E-state index contributed by atoms with van der Waals surface area (Å²) in [4.78, 5) is 0. The van der Waals surface area contributed by atoms with E-state index in [-0.39, 0.29) is 0 Å². The van der Waals surface area contributed by atoms with Gasteiger partial charge in [0.05, 0.1) is 0 Å². The third kappa shape index (κ3) is 2.89. The van der Waals surface area contributed by atoms with Crippen LogP contribution in [0.2, 0.25) is 0 Å². The van der Waals surface area contributed by atoms with Crippen molar-refractivity contribution in [3.8, 4) is 0 Å². The summed E-state index contributed by atoms with van der Waals surface area (Å²) in [6, 6.07) is 0. The van der Waals surface area contributed by atoms with E-state index in [2.05, 4.69) is 0 Å². The fraction of sp³-hybridized carbons (Fsp3) is 1.00. The van der Waals surface area contributed by atoms with Gasteiger partial charge in [0.2, 0.25) is 0 Å². The van der Waals surface area contributed by atoms with Crippen molar-refractivity contribution < 1.29 is 8.95 Å². The molecule has 0 bridgehead atoms. The van der Waals surface area contributed by atoms with Crippen LogP contribution in [0.25, 0.3) is 0 Å². The van der Waals surface area contributed by atoms with E-state index in [1.165, 1.54) is 0 Å². The van der Waals surface area contributed by atoms with Gasteiger partial charge in [0.25, 0.3) is 0 Å². The fourth-order valence-electron chi connectivity index (χ4n) is 1.22. The second-order valence-corrected chi connectivity index (χ2v) is 4.52. The Hall–Kier alpha value is 0.0700. The SMILES string of the molecule is NCCS(=O)C1CCOCC1. The second-order valence-electron chi connectivity index (χ2n) is 2.69. The third-order valence-electron chi connectivity index (χ3n) is 1.86. The van der Waals surface area contributed by atoms with E-state index in [4.69, 9.17) is 10.5 Å². The fourth-order valence-corrected chi connectivity index (χ4v) is 2.51.